The zero-order valence-electron chi connectivity index (χ0n) is 12.4. The molecule has 0 saturated heterocycles. The number of hydrogen-bond acceptors (Lipinski definition) is 2. The number of carboxylic acids is 1. The minimum absolute atomic E-state index is 0.0861. The first-order valence-electron chi connectivity index (χ1n) is 6.83. The predicted molar refractivity (Wildman–Crippen MR) is 83.8 cm³/mol. The molecule has 1 rings (SSSR count). The molecular weight excluding hydrogens is 292 g/mol. The van der Waals surface area contributed by atoms with Crippen LogP contribution in [0.2, 0.25) is 5.02 Å². The van der Waals surface area contributed by atoms with E-state index in [2.05, 4.69) is 10.6 Å². The van der Waals surface area contributed by atoms with Gasteiger partial charge >= 0.3 is 12.0 Å². The first-order chi connectivity index (χ1) is 9.79. The van der Waals surface area contributed by atoms with E-state index in [-0.39, 0.29) is 12.5 Å². The number of amides is 2. The van der Waals surface area contributed by atoms with Crippen LogP contribution in [0.25, 0.3) is 0 Å². The highest BCUT2D eigenvalue weighted by atomic mass is 35.5. The van der Waals surface area contributed by atoms with Gasteiger partial charge in [-0.3, -0.25) is 4.79 Å². The van der Waals surface area contributed by atoms with E-state index in [4.69, 9.17) is 16.7 Å². The van der Waals surface area contributed by atoms with Crippen LogP contribution >= 0.6 is 11.6 Å². The molecule has 0 aromatic heterocycles. The number of aliphatic carboxylic acids is 1. The second-order valence-corrected chi connectivity index (χ2v) is 5.89. The Hall–Kier alpha value is -1.75. The van der Waals surface area contributed by atoms with Gasteiger partial charge in [-0.2, -0.15) is 0 Å². The largest absolute Gasteiger partial charge is 0.481 e. The monoisotopic (exact) mass is 312 g/mol. The van der Waals surface area contributed by atoms with Crippen molar-refractivity contribution in [1.29, 1.82) is 0 Å². The number of halogens is 1. The molecular formula is C15H21ClN2O3. The minimum atomic E-state index is -0.905. The Morgan fingerprint density at radius 3 is 2.57 bits per heavy atom. The fraction of sp³-hybridized carbons (Fsp3) is 0.467. The van der Waals surface area contributed by atoms with Crippen molar-refractivity contribution in [2.24, 2.45) is 11.8 Å². The highest BCUT2D eigenvalue weighted by Gasteiger charge is 2.19. The Balaban J connectivity index is 2.57. The summed E-state index contributed by atoms with van der Waals surface area (Å²) in [5.74, 6) is -1.25. The number of urea groups is 1. The summed E-state index contributed by atoms with van der Waals surface area (Å²) < 4.78 is 0. The molecule has 0 bridgehead atoms. The first kappa shape index (κ1) is 17.3. The van der Waals surface area contributed by atoms with Crippen molar-refractivity contribution >= 4 is 29.3 Å². The van der Waals surface area contributed by atoms with Gasteiger partial charge in [-0.1, -0.05) is 31.5 Å². The Morgan fingerprint density at radius 2 is 2.00 bits per heavy atom. The summed E-state index contributed by atoms with van der Waals surface area (Å²) in [6.07, 6.45) is 0.515. The lowest BCUT2D eigenvalue weighted by molar-refractivity contribution is -0.142. The predicted octanol–water partition coefficient (Wildman–Crippen LogP) is 3.52. The van der Waals surface area contributed by atoms with Gasteiger partial charge in [0.25, 0.3) is 0 Å². The lowest BCUT2D eigenvalue weighted by atomic mass is 9.97. The summed E-state index contributed by atoms with van der Waals surface area (Å²) in [6.45, 7) is 5.87. The van der Waals surface area contributed by atoms with E-state index in [0.29, 0.717) is 17.1 Å². The van der Waals surface area contributed by atoms with Gasteiger partial charge in [0, 0.05) is 6.54 Å². The van der Waals surface area contributed by atoms with Crippen LogP contribution in [0.5, 0.6) is 0 Å². The number of hydrogen-bond donors (Lipinski definition) is 3. The molecule has 1 unspecified atom stereocenters. The van der Waals surface area contributed by atoms with E-state index < -0.39 is 17.9 Å². The van der Waals surface area contributed by atoms with Crippen LogP contribution in [0.15, 0.2) is 18.2 Å². The Bertz CT molecular complexity index is 518. The van der Waals surface area contributed by atoms with Crippen LogP contribution in [0.1, 0.15) is 25.8 Å². The number of rotatable bonds is 6. The maximum Gasteiger partial charge on any atom is 0.319 e. The second-order valence-electron chi connectivity index (χ2n) is 5.48. The topological polar surface area (TPSA) is 78.4 Å². The number of benzene rings is 1. The number of anilines is 1. The van der Waals surface area contributed by atoms with Gasteiger partial charge in [-0.25, -0.2) is 4.79 Å². The van der Waals surface area contributed by atoms with E-state index in [0.717, 1.165) is 5.56 Å². The number of aryl methyl sites for hydroxylation is 1. The minimum Gasteiger partial charge on any atom is -0.481 e. The van der Waals surface area contributed by atoms with Crippen LogP contribution in [0.4, 0.5) is 10.5 Å². The molecule has 0 aliphatic carbocycles. The standard InChI is InChI=1S/C15H21ClN2O3/c1-9(2)6-11(14(19)20)8-17-15(21)18-13-7-10(3)4-5-12(13)16/h4-5,7,9,11H,6,8H2,1-3H3,(H,19,20)(H2,17,18,21). The molecule has 116 valence electrons. The molecule has 1 aromatic rings. The summed E-state index contributed by atoms with van der Waals surface area (Å²) in [4.78, 5) is 22.9. The third kappa shape index (κ3) is 6.04. The molecule has 2 amide bonds. The molecule has 3 N–H and O–H groups in total. The van der Waals surface area contributed by atoms with Crippen molar-refractivity contribution in [3.05, 3.63) is 28.8 Å². The van der Waals surface area contributed by atoms with E-state index in [1.165, 1.54) is 0 Å². The molecule has 0 radical (unpaired) electrons. The average Bonchev–Trinajstić information content (AvgIpc) is 2.38. The Kier molecular flexibility index (Phi) is 6.49. The number of carbonyl (C=O) groups excluding carboxylic acids is 1. The van der Waals surface area contributed by atoms with Crippen molar-refractivity contribution in [3.8, 4) is 0 Å². The van der Waals surface area contributed by atoms with E-state index in [9.17, 15) is 9.59 Å². The van der Waals surface area contributed by atoms with Crippen molar-refractivity contribution in [3.63, 3.8) is 0 Å². The molecule has 0 aliphatic rings. The summed E-state index contributed by atoms with van der Waals surface area (Å²) in [6, 6.07) is 4.84. The van der Waals surface area contributed by atoms with Gasteiger partial charge in [0.15, 0.2) is 0 Å². The normalized spacial score (nSPS) is 12.0. The zero-order valence-corrected chi connectivity index (χ0v) is 13.2. The number of carboxylic acid groups (broad SMARTS) is 1. The summed E-state index contributed by atoms with van der Waals surface area (Å²) in [5, 5.41) is 14.7. The van der Waals surface area contributed by atoms with Gasteiger partial charge in [0.1, 0.15) is 0 Å². The molecule has 21 heavy (non-hydrogen) atoms. The molecule has 0 spiro atoms. The van der Waals surface area contributed by atoms with Gasteiger partial charge in [-0.05, 0) is 37.0 Å². The summed E-state index contributed by atoms with van der Waals surface area (Å²) in [7, 11) is 0. The zero-order chi connectivity index (χ0) is 16.0. The van der Waals surface area contributed by atoms with E-state index in [1.54, 1.807) is 12.1 Å². The fourth-order valence-corrected chi connectivity index (χ4v) is 2.12. The molecule has 5 nitrogen and oxygen atoms in total. The molecule has 0 fully saturated rings. The van der Waals surface area contributed by atoms with Crippen LogP contribution < -0.4 is 10.6 Å². The molecule has 1 atom stereocenters. The highest BCUT2D eigenvalue weighted by molar-refractivity contribution is 6.33. The van der Waals surface area contributed by atoms with E-state index in [1.807, 2.05) is 26.8 Å². The van der Waals surface area contributed by atoms with Gasteiger partial charge in [0.2, 0.25) is 0 Å². The number of carbonyl (C=O) groups is 2. The van der Waals surface area contributed by atoms with Gasteiger partial charge in [0.05, 0.1) is 16.6 Å². The summed E-state index contributed by atoms with van der Waals surface area (Å²) >= 11 is 5.99. The molecule has 0 saturated carbocycles. The molecule has 1 aromatic carbocycles. The summed E-state index contributed by atoms with van der Waals surface area (Å²) in [5.41, 5.74) is 1.47. The Labute approximate surface area is 129 Å². The van der Waals surface area contributed by atoms with Crippen molar-refractivity contribution in [2.75, 3.05) is 11.9 Å². The number of nitrogens with one attached hydrogen (secondary N) is 2. The van der Waals surface area contributed by atoms with Gasteiger partial charge in [-0.15, -0.1) is 0 Å². The molecule has 0 aliphatic heterocycles. The first-order valence-corrected chi connectivity index (χ1v) is 7.21. The third-order valence-electron chi connectivity index (χ3n) is 2.98. The van der Waals surface area contributed by atoms with Gasteiger partial charge < -0.3 is 15.7 Å². The van der Waals surface area contributed by atoms with Crippen molar-refractivity contribution in [1.82, 2.24) is 5.32 Å². The van der Waals surface area contributed by atoms with Crippen molar-refractivity contribution in [2.45, 2.75) is 27.2 Å². The van der Waals surface area contributed by atoms with Crippen molar-refractivity contribution < 1.29 is 14.7 Å². The quantitative estimate of drug-likeness (QED) is 0.752. The van der Waals surface area contributed by atoms with Crippen LogP contribution in [0.3, 0.4) is 0 Å². The highest BCUT2D eigenvalue weighted by Crippen LogP contribution is 2.22. The Morgan fingerprint density at radius 1 is 1.33 bits per heavy atom. The fourth-order valence-electron chi connectivity index (χ4n) is 1.96. The second kappa shape index (κ2) is 7.88. The maximum atomic E-state index is 11.8. The molecule has 0 heterocycles. The lowest BCUT2D eigenvalue weighted by Gasteiger charge is -2.16. The van der Waals surface area contributed by atoms with Crippen LogP contribution in [0, 0.1) is 18.8 Å². The molecule has 6 heteroatoms. The van der Waals surface area contributed by atoms with Crippen LogP contribution in [-0.2, 0) is 4.79 Å². The van der Waals surface area contributed by atoms with E-state index >= 15 is 0 Å². The maximum absolute atomic E-state index is 11.8. The lowest BCUT2D eigenvalue weighted by Crippen LogP contribution is -2.36. The third-order valence-corrected chi connectivity index (χ3v) is 3.31. The smallest absolute Gasteiger partial charge is 0.319 e. The van der Waals surface area contributed by atoms with Crippen LogP contribution in [-0.4, -0.2) is 23.7 Å². The average molecular weight is 313 g/mol. The SMILES string of the molecule is Cc1ccc(Cl)c(NC(=O)NCC(CC(C)C)C(=O)O)c1.